The number of carbonyl (C=O) groups is 2. The summed E-state index contributed by atoms with van der Waals surface area (Å²) < 4.78 is 0. The highest BCUT2D eigenvalue weighted by atomic mass is 35.5. The summed E-state index contributed by atoms with van der Waals surface area (Å²) in [6.07, 6.45) is 0. The minimum atomic E-state index is -0.544. The van der Waals surface area contributed by atoms with Gasteiger partial charge in [-0.15, -0.1) is 11.8 Å². The molecule has 0 saturated carbocycles. The summed E-state index contributed by atoms with van der Waals surface area (Å²) in [7, 11) is 0. The number of nitrogens with zero attached hydrogens (tertiary/aromatic N) is 1. The van der Waals surface area contributed by atoms with Gasteiger partial charge in [0, 0.05) is 23.9 Å². The van der Waals surface area contributed by atoms with Gasteiger partial charge in [0.25, 0.3) is 0 Å². The molecule has 0 aromatic heterocycles. The van der Waals surface area contributed by atoms with Crippen LogP contribution in [0.3, 0.4) is 0 Å². The Morgan fingerprint density at radius 1 is 1.10 bits per heavy atom. The molecule has 0 saturated heterocycles. The molecule has 0 aliphatic heterocycles. The monoisotopic (exact) mass is 446 g/mol. The Hall–Kier alpha value is -1.98. The number of amides is 2. The van der Waals surface area contributed by atoms with Crippen LogP contribution in [-0.2, 0) is 21.9 Å². The molecule has 2 aromatic rings. The molecule has 2 amide bonds. The highest BCUT2D eigenvalue weighted by Gasteiger charge is 2.26. The normalized spacial score (nSPS) is 11.9. The van der Waals surface area contributed by atoms with E-state index in [1.807, 2.05) is 63.2 Å². The molecular weight excluding hydrogens is 416 g/mol. The summed E-state index contributed by atoms with van der Waals surface area (Å²) in [5.41, 5.74) is 3.15. The van der Waals surface area contributed by atoms with Crippen LogP contribution in [0, 0.1) is 12.8 Å². The number of nitrogens with one attached hydrogen (secondary N) is 1. The van der Waals surface area contributed by atoms with Gasteiger partial charge in [-0.3, -0.25) is 9.59 Å². The number of hydrogen-bond donors (Lipinski definition) is 1. The first-order valence-electron chi connectivity index (χ1n) is 10.2. The van der Waals surface area contributed by atoms with Crippen LogP contribution in [0.15, 0.2) is 48.5 Å². The van der Waals surface area contributed by atoms with Gasteiger partial charge in [-0.2, -0.15) is 0 Å². The van der Waals surface area contributed by atoms with Gasteiger partial charge >= 0.3 is 0 Å². The number of carbonyl (C=O) groups excluding carboxylic acids is 2. The number of benzene rings is 2. The van der Waals surface area contributed by atoms with Gasteiger partial charge in [0.15, 0.2) is 0 Å². The zero-order valence-corrected chi connectivity index (χ0v) is 19.7. The molecule has 6 heteroatoms. The minimum Gasteiger partial charge on any atom is -0.354 e. The summed E-state index contributed by atoms with van der Waals surface area (Å²) in [5.74, 6) is 1.12. The number of rotatable bonds is 10. The third-order valence-corrected chi connectivity index (χ3v) is 6.06. The molecule has 4 nitrogen and oxygen atoms in total. The Labute approximate surface area is 189 Å². The smallest absolute Gasteiger partial charge is 0.242 e. The van der Waals surface area contributed by atoms with E-state index < -0.39 is 6.04 Å². The fourth-order valence-electron chi connectivity index (χ4n) is 2.99. The molecule has 0 spiro atoms. The summed E-state index contributed by atoms with van der Waals surface area (Å²) >= 11 is 7.73. The molecule has 162 valence electrons. The van der Waals surface area contributed by atoms with Crippen LogP contribution in [0.1, 0.15) is 37.5 Å². The van der Waals surface area contributed by atoms with Crippen LogP contribution < -0.4 is 5.32 Å². The van der Waals surface area contributed by atoms with E-state index in [0.717, 1.165) is 16.7 Å². The highest BCUT2D eigenvalue weighted by Crippen LogP contribution is 2.21. The van der Waals surface area contributed by atoms with E-state index >= 15 is 0 Å². The lowest BCUT2D eigenvalue weighted by Crippen LogP contribution is -2.48. The molecule has 0 heterocycles. The highest BCUT2D eigenvalue weighted by molar-refractivity contribution is 7.99. The molecule has 30 heavy (non-hydrogen) atoms. The molecule has 0 unspecified atom stereocenters. The third-order valence-electron chi connectivity index (χ3n) is 4.73. The number of hydrogen-bond acceptors (Lipinski definition) is 3. The first-order chi connectivity index (χ1) is 14.3. The van der Waals surface area contributed by atoms with Gasteiger partial charge < -0.3 is 10.2 Å². The fraction of sp³-hybridized carbons (Fsp3) is 0.417. The van der Waals surface area contributed by atoms with E-state index in [-0.39, 0.29) is 11.8 Å². The van der Waals surface area contributed by atoms with Crippen LogP contribution in [0.25, 0.3) is 0 Å². The van der Waals surface area contributed by atoms with Crippen molar-refractivity contribution in [3.05, 3.63) is 70.2 Å². The quantitative estimate of drug-likeness (QED) is 0.554. The van der Waals surface area contributed by atoms with Crippen molar-refractivity contribution in [3.63, 3.8) is 0 Å². The van der Waals surface area contributed by atoms with E-state index in [9.17, 15) is 9.59 Å². The van der Waals surface area contributed by atoms with Gasteiger partial charge in [0.1, 0.15) is 6.04 Å². The standard InChI is InChI=1S/C24H31ClN2O2S/c1-17(2)13-26-24(29)19(4)27(14-20-9-7-8-18(3)12-20)23(28)16-30-15-21-10-5-6-11-22(21)25/h5-12,17,19H,13-16H2,1-4H3,(H,26,29)/t19-/m1/s1. The molecule has 0 radical (unpaired) electrons. The van der Waals surface area contributed by atoms with Crippen LogP contribution in [-0.4, -0.2) is 35.1 Å². The Bertz CT molecular complexity index is 857. The van der Waals surface area contributed by atoms with Crippen molar-refractivity contribution in [2.24, 2.45) is 5.92 Å². The second-order valence-electron chi connectivity index (χ2n) is 7.91. The molecule has 2 rings (SSSR count). The SMILES string of the molecule is Cc1cccc(CN(C(=O)CSCc2ccccc2Cl)[C@H](C)C(=O)NCC(C)C)c1. The molecule has 0 aliphatic carbocycles. The van der Waals surface area contributed by atoms with Crippen molar-refractivity contribution in [3.8, 4) is 0 Å². The van der Waals surface area contributed by atoms with Crippen molar-refractivity contribution in [2.45, 2.75) is 46.0 Å². The molecule has 1 atom stereocenters. The molecule has 1 N–H and O–H groups in total. The van der Waals surface area contributed by atoms with Crippen LogP contribution >= 0.6 is 23.4 Å². The maximum atomic E-state index is 13.1. The van der Waals surface area contributed by atoms with Gasteiger partial charge in [0.2, 0.25) is 11.8 Å². The van der Waals surface area contributed by atoms with Gasteiger partial charge in [0.05, 0.1) is 5.75 Å². The Morgan fingerprint density at radius 3 is 2.50 bits per heavy atom. The average Bonchev–Trinajstić information content (AvgIpc) is 2.71. The third kappa shape index (κ3) is 7.69. The molecule has 0 fully saturated rings. The van der Waals surface area contributed by atoms with Crippen LogP contribution in [0.5, 0.6) is 0 Å². The van der Waals surface area contributed by atoms with Crippen molar-refractivity contribution in [1.82, 2.24) is 10.2 Å². The fourth-order valence-corrected chi connectivity index (χ4v) is 4.18. The van der Waals surface area contributed by atoms with Gasteiger partial charge in [-0.1, -0.05) is 73.5 Å². The summed E-state index contributed by atoms with van der Waals surface area (Å²) in [5, 5.41) is 3.65. The Morgan fingerprint density at radius 2 is 1.83 bits per heavy atom. The maximum absolute atomic E-state index is 13.1. The van der Waals surface area contributed by atoms with E-state index in [1.54, 1.807) is 11.8 Å². The van der Waals surface area contributed by atoms with Crippen molar-refractivity contribution >= 4 is 35.2 Å². The minimum absolute atomic E-state index is 0.0549. The second-order valence-corrected chi connectivity index (χ2v) is 9.30. The van der Waals surface area contributed by atoms with E-state index in [4.69, 9.17) is 11.6 Å². The molecule has 0 aliphatic rings. The lowest BCUT2D eigenvalue weighted by atomic mass is 10.1. The van der Waals surface area contributed by atoms with E-state index in [1.165, 1.54) is 11.8 Å². The summed E-state index contributed by atoms with van der Waals surface area (Å²) in [4.78, 5) is 27.4. The van der Waals surface area contributed by atoms with E-state index in [0.29, 0.717) is 35.5 Å². The molecule has 0 bridgehead atoms. The number of aryl methyl sites for hydroxylation is 1. The van der Waals surface area contributed by atoms with Crippen molar-refractivity contribution in [2.75, 3.05) is 12.3 Å². The predicted octanol–water partition coefficient (Wildman–Crippen LogP) is 5.07. The van der Waals surface area contributed by atoms with Crippen molar-refractivity contribution < 1.29 is 9.59 Å². The van der Waals surface area contributed by atoms with Crippen LogP contribution in [0.2, 0.25) is 5.02 Å². The first kappa shape index (κ1) is 24.3. The van der Waals surface area contributed by atoms with Gasteiger partial charge in [-0.05, 0) is 37.0 Å². The van der Waals surface area contributed by atoms with Crippen molar-refractivity contribution in [1.29, 1.82) is 0 Å². The molecular formula is C24H31ClN2O2S. The van der Waals surface area contributed by atoms with E-state index in [2.05, 4.69) is 11.4 Å². The first-order valence-corrected chi connectivity index (χ1v) is 11.7. The Balaban J connectivity index is 2.07. The predicted molar refractivity (Wildman–Crippen MR) is 127 cm³/mol. The zero-order valence-electron chi connectivity index (χ0n) is 18.2. The van der Waals surface area contributed by atoms with Crippen LogP contribution in [0.4, 0.5) is 0 Å². The summed E-state index contributed by atoms with van der Waals surface area (Å²) in [6.45, 7) is 8.91. The zero-order chi connectivity index (χ0) is 22.1. The van der Waals surface area contributed by atoms with Gasteiger partial charge in [-0.25, -0.2) is 0 Å². The lowest BCUT2D eigenvalue weighted by molar-refractivity contribution is -0.138. The average molecular weight is 447 g/mol. The summed E-state index contributed by atoms with van der Waals surface area (Å²) in [6, 6.07) is 15.1. The number of halogens is 1. The maximum Gasteiger partial charge on any atom is 0.242 e. The second kappa shape index (κ2) is 12.0. The number of thioether (sulfide) groups is 1. The Kier molecular flexibility index (Phi) is 9.73. The lowest BCUT2D eigenvalue weighted by Gasteiger charge is -2.29. The molecule has 2 aromatic carbocycles. The largest absolute Gasteiger partial charge is 0.354 e. The topological polar surface area (TPSA) is 49.4 Å².